The third kappa shape index (κ3) is 4.16. The SMILES string of the molecule is O=C([O-])[C@@H]1CSc2c(Cc3ccccc3)c(Cc3cccc4ccccc34)cc(=O)n21.[Li+]. The number of carboxylic acids is 1. The molecule has 6 heteroatoms. The van der Waals surface area contributed by atoms with Crippen LogP contribution in [0.1, 0.15) is 28.3 Å². The fraction of sp³-hybridized carbons (Fsp3) is 0.154. The van der Waals surface area contributed by atoms with E-state index in [1.807, 2.05) is 36.4 Å². The summed E-state index contributed by atoms with van der Waals surface area (Å²) in [5, 5.41) is 14.7. The summed E-state index contributed by atoms with van der Waals surface area (Å²) in [5.74, 6) is -0.891. The van der Waals surface area contributed by atoms with Crippen molar-refractivity contribution in [2.45, 2.75) is 23.9 Å². The van der Waals surface area contributed by atoms with Gasteiger partial charge in [0, 0.05) is 18.2 Å². The first-order valence-electron chi connectivity index (χ1n) is 10.2. The molecule has 1 aliphatic rings. The van der Waals surface area contributed by atoms with Crippen molar-refractivity contribution < 1.29 is 28.8 Å². The summed E-state index contributed by atoms with van der Waals surface area (Å²) >= 11 is 1.43. The van der Waals surface area contributed by atoms with Crippen molar-refractivity contribution in [3.8, 4) is 0 Å². The number of hydrogen-bond acceptors (Lipinski definition) is 4. The molecule has 0 saturated heterocycles. The van der Waals surface area contributed by atoms with Crippen LogP contribution >= 0.6 is 11.8 Å². The largest absolute Gasteiger partial charge is 1.00 e. The second-order valence-electron chi connectivity index (χ2n) is 7.78. The zero-order chi connectivity index (χ0) is 21.4. The van der Waals surface area contributed by atoms with Crippen LogP contribution in [0.4, 0.5) is 0 Å². The Morgan fingerprint density at radius 3 is 2.44 bits per heavy atom. The molecule has 5 rings (SSSR count). The summed E-state index contributed by atoms with van der Waals surface area (Å²) in [7, 11) is 0. The number of nitrogens with zero attached hydrogens (tertiary/aromatic N) is 1. The molecule has 0 spiro atoms. The Bertz CT molecular complexity index is 1350. The minimum atomic E-state index is -1.21. The van der Waals surface area contributed by atoms with Gasteiger partial charge in [0.1, 0.15) is 0 Å². The van der Waals surface area contributed by atoms with E-state index >= 15 is 0 Å². The maximum absolute atomic E-state index is 13.0. The van der Waals surface area contributed by atoms with Crippen LogP contribution in [0.3, 0.4) is 0 Å². The van der Waals surface area contributed by atoms with E-state index in [0.717, 1.165) is 38.1 Å². The summed E-state index contributed by atoms with van der Waals surface area (Å²) in [6.45, 7) is 0. The molecule has 1 atom stereocenters. The van der Waals surface area contributed by atoms with E-state index in [4.69, 9.17) is 0 Å². The van der Waals surface area contributed by atoms with Crippen LogP contribution in [0.2, 0.25) is 0 Å². The van der Waals surface area contributed by atoms with Crippen LogP contribution in [0.25, 0.3) is 10.8 Å². The van der Waals surface area contributed by atoms with Crippen molar-refractivity contribution in [2.75, 3.05) is 5.75 Å². The second-order valence-corrected chi connectivity index (χ2v) is 8.79. The van der Waals surface area contributed by atoms with E-state index in [0.29, 0.717) is 18.6 Å². The molecule has 1 aromatic heterocycles. The smallest absolute Gasteiger partial charge is 0.548 e. The van der Waals surface area contributed by atoms with Gasteiger partial charge in [-0.05, 0) is 39.4 Å². The average molecular weight is 433 g/mol. The molecular weight excluding hydrogens is 413 g/mol. The van der Waals surface area contributed by atoms with Crippen LogP contribution in [-0.4, -0.2) is 16.3 Å². The number of aromatic nitrogens is 1. The molecular formula is C26H20LiNO3S. The summed E-state index contributed by atoms with van der Waals surface area (Å²) in [6, 6.07) is 25.2. The first-order valence-corrected chi connectivity index (χ1v) is 11.2. The van der Waals surface area contributed by atoms with Crippen LogP contribution in [-0.2, 0) is 17.6 Å². The van der Waals surface area contributed by atoms with Crippen molar-refractivity contribution in [1.82, 2.24) is 4.57 Å². The molecule has 1 aliphatic heterocycles. The molecule has 2 heterocycles. The van der Waals surface area contributed by atoms with Crippen LogP contribution in [0, 0.1) is 0 Å². The number of pyridine rings is 1. The zero-order valence-corrected chi connectivity index (χ0v) is 18.6. The number of thioether (sulfide) groups is 1. The van der Waals surface area contributed by atoms with E-state index in [-0.39, 0.29) is 24.4 Å². The molecule has 0 aliphatic carbocycles. The molecule has 0 amide bonds. The van der Waals surface area contributed by atoms with Crippen molar-refractivity contribution in [1.29, 1.82) is 0 Å². The third-order valence-electron chi connectivity index (χ3n) is 5.85. The van der Waals surface area contributed by atoms with E-state index in [1.165, 1.54) is 16.3 Å². The third-order valence-corrected chi connectivity index (χ3v) is 7.04. The number of hydrogen-bond donors (Lipinski definition) is 0. The van der Waals surface area contributed by atoms with E-state index in [2.05, 4.69) is 36.4 Å². The summed E-state index contributed by atoms with van der Waals surface area (Å²) in [4.78, 5) is 24.6. The Morgan fingerprint density at radius 2 is 1.66 bits per heavy atom. The van der Waals surface area contributed by atoms with Crippen LogP contribution in [0.5, 0.6) is 0 Å². The Hall–Kier alpha value is -2.71. The van der Waals surface area contributed by atoms with Crippen molar-refractivity contribution in [3.63, 3.8) is 0 Å². The zero-order valence-electron chi connectivity index (χ0n) is 17.8. The maximum atomic E-state index is 13.0. The maximum Gasteiger partial charge on any atom is 1.00 e. The molecule has 32 heavy (non-hydrogen) atoms. The van der Waals surface area contributed by atoms with Gasteiger partial charge in [-0.1, -0.05) is 72.8 Å². The molecule has 3 aromatic carbocycles. The van der Waals surface area contributed by atoms with Crippen LogP contribution in [0.15, 0.2) is 88.7 Å². The predicted octanol–water partition coefficient (Wildman–Crippen LogP) is 0.584. The van der Waals surface area contributed by atoms with Gasteiger partial charge < -0.3 is 9.90 Å². The molecule has 0 unspecified atom stereocenters. The average Bonchev–Trinajstić information content (AvgIpc) is 3.24. The molecule has 0 bridgehead atoms. The predicted molar refractivity (Wildman–Crippen MR) is 121 cm³/mol. The number of rotatable bonds is 5. The molecule has 0 fully saturated rings. The van der Waals surface area contributed by atoms with Gasteiger partial charge in [0.2, 0.25) is 0 Å². The van der Waals surface area contributed by atoms with Gasteiger partial charge in [-0.3, -0.25) is 9.36 Å². The quantitative estimate of drug-likeness (QED) is 0.432. The van der Waals surface area contributed by atoms with Gasteiger partial charge >= 0.3 is 18.9 Å². The van der Waals surface area contributed by atoms with Gasteiger partial charge in [0.05, 0.1) is 17.0 Å². The molecule has 4 nitrogen and oxygen atoms in total. The van der Waals surface area contributed by atoms with Gasteiger partial charge in [0.15, 0.2) is 0 Å². The minimum absolute atomic E-state index is 0. The number of carbonyl (C=O) groups excluding carboxylic acids is 1. The number of carboxylic acid groups (broad SMARTS) is 1. The van der Waals surface area contributed by atoms with E-state index < -0.39 is 12.0 Å². The Labute approximate surface area is 202 Å². The van der Waals surface area contributed by atoms with Crippen molar-refractivity contribution in [3.05, 3.63) is 111 Å². The summed E-state index contributed by atoms with van der Waals surface area (Å²) < 4.78 is 1.41. The monoisotopic (exact) mass is 433 g/mol. The first-order chi connectivity index (χ1) is 15.1. The molecule has 4 aromatic rings. The minimum Gasteiger partial charge on any atom is -0.548 e. The van der Waals surface area contributed by atoms with Gasteiger partial charge in [0.25, 0.3) is 5.56 Å². The van der Waals surface area contributed by atoms with Gasteiger partial charge in [-0.2, -0.15) is 0 Å². The Kier molecular flexibility index (Phi) is 6.62. The van der Waals surface area contributed by atoms with Crippen molar-refractivity contribution >= 4 is 28.5 Å². The fourth-order valence-electron chi connectivity index (χ4n) is 4.34. The number of fused-ring (bicyclic) bond motifs is 2. The standard InChI is InChI=1S/C26H21NO3S.Li/c28-24-15-20(14-19-11-6-10-18-9-4-5-12-21(18)19)22(13-17-7-2-1-3-8-17)25-27(24)23(16-31-25)26(29)30;/h1-12,15,23H,13-14,16H2,(H,29,30);/q;+1/p-1/t23-;/m0./s1. The van der Waals surface area contributed by atoms with E-state index in [1.54, 1.807) is 6.07 Å². The Morgan fingerprint density at radius 1 is 0.938 bits per heavy atom. The second kappa shape index (κ2) is 9.42. The van der Waals surface area contributed by atoms with E-state index in [9.17, 15) is 14.7 Å². The molecule has 154 valence electrons. The first kappa shape index (κ1) is 22.5. The molecule has 0 N–H and O–H groups in total. The molecule has 0 radical (unpaired) electrons. The van der Waals surface area contributed by atoms with Crippen molar-refractivity contribution in [2.24, 2.45) is 0 Å². The van der Waals surface area contributed by atoms with Gasteiger partial charge in [-0.25, -0.2) is 0 Å². The number of benzene rings is 3. The number of carbonyl (C=O) groups is 1. The fourth-order valence-corrected chi connectivity index (χ4v) is 5.68. The number of aliphatic carboxylic acids is 1. The molecule has 0 saturated carbocycles. The normalized spacial score (nSPS) is 14.7. The topological polar surface area (TPSA) is 62.1 Å². The van der Waals surface area contributed by atoms with Gasteiger partial charge in [-0.15, -0.1) is 11.8 Å². The summed E-state index contributed by atoms with van der Waals surface area (Å²) in [6.07, 6.45) is 1.26. The summed E-state index contributed by atoms with van der Waals surface area (Å²) in [5.41, 5.74) is 3.97. The van der Waals surface area contributed by atoms with Crippen LogP contribution < -0.4 is 29.5 Å². The Balaban J connectivity index is 0.00000245.